The van der Waals surface area contributed by atoms with Crippen LogP contribution in [0.3, 0.4) is 0 Å². The summed E-state index contributed by atoms with van der Waals surface area (Å²) < 4.78 is 0. The molecule has 0 aromatic carbocycles. The van der Waals surface area contributed by atoms with Crippen molar-refractivity contribution in [1.29, 1.82) is 0 Å². The zero-order valence-electron chi connectivity index (χ0n) is 12.6. The highest BCUT2D eigenvalue weighted by Gasteiger charge is 2.38. The molecule has 2 aliphatic rings. The van der Waals surface area contributed by atoms with E-state index in [1.807, 2.05) is 0 Å². The van der Waals surface area contributed by atoms with Gasteiger partial charge in [-0.15, -0.1) is 0 Å². The maximum Gasteiger partial charge on any atom is 0.0663 e. The molecular formula is C15H32N4. The first kappa shape index (κ1) is 15.2. The Morgan fingerprint density at radius 2 is 1.16 bits per heavy atom. The van der Waals surface area contributed by atoms with Gasteiger partial charge in [-0.3, -0.25) is 0 Å². The predicted molar refractivity (Wildman–Crippen MR) is 79.8 cm³/mol. The number of hydrogen-bond donors (Lipinski definition) is 4. The largest absolute Gasteiger partial charge is 0.313 e. The Balaban J connectivity index is 1.83. The molecule has 0 amide bonds. The summed E-state index contributed by atoms with van der Waals surface area (Å²) >= 11 is 0. The van der Waals surface area contributed by atoms with Crippen LogP contribution in [0.2, 0.25) is 0 Å². The molecule has 0 spiro atoms. The minimum Gasteiger partial charge on any atom is -0.313 e. The Morgan fingerprint density at radius 3 is 1.47 bits per heavy atom. The first-order chi connectivity index (χ1) is 8.71. The second-order valence-electron chi connectivity index (χ2n) is 7.54. The second kappa shape index (κ2) is 5.32. The number of hydrogen-bond acceptors (Lipinski definition) is 4. The van der Waals surface area contributed by atoms with Crippen LogP contribution in [0.1, 0.15) is 58.8 Å². The van der Waals surface area contributed by atoms with E-state index >= 15 is 0 Å². The van der Waals surface area contributed by atoms with Crippen molar-refractivity contribution >= 4 is 0 Å². The van der Waals surface area contributed by atoms with Crippen molar-refractivity contribution in [3.05, 3.63) is 0 Å². The predicted octanol–water partition coefficient (Wildman–Crippen LogP) is 1.48. The van der Waals surface area contributed by atoms with Crippen molar-refractivity contribution in [2.24, 2.45) is 46.6 Å². The van der Waals surface area contributed by atoms with Gasteiger partial charge in [0.25, 0.3) is 0 Å². The van der Waals surface area contributed by atoms with Crippen LogP contribution in [-0.4, -0.2) is 11.3 Å². The molecule has 4 atom stereocenters. The molecule has 4 heteroatoms. The van der Waals surface area contributed by atoms with Gasteiger partial charge in [-0.2, -0.15) is 0 Å². The van der Waals surface area contributed by atoms with Gasteiger partial charge < -0.3 is 22.9 Å². The molecule has 0 aromatic rings. The third-order valence-electron chi connectivity index (χ3n) is 5.85. The first-order valence-electron chi connectivity index (χ1n) is 7.86. The summed E-state index contributed by atoms with van der Waals surface area (Å²) in [5.74, 6) is 2.43. The highest BCUT2D eigenvalue weighted by molar-refractivity contribution is 4.93. The molecule has 0 heterocycles. The monoisotopic (exact) mass is 268 g/mol. The van der Waals surface area contributed by atoms with Crippen molar-refractivity contribution in [3.63, 3.8) is 0 Å². The van der Waals surface area contributed by atoms with Crippen LogP contribution in [0, 0.1) is 23.7 Å². The molecule has 0 aliphatic heterocycles. The molecule has 0 saturated heterocycles. The average molecular weight is 268 g/mol. The lowest BCUT2D eigenvalue weighted by molar-refractivity contribution is 0.106. The zero-order chi connectivity index (χ0) is 14.3. The van der Waals surface area contributed by atoms with E-state index < -0.39 is 11.3 Å². The van der Waals surface area contributed by atoms with Crippen molar-refractivity contribution in [1.82, 2.24) is 0 Å². The van der Waals surface area contributed by atoms with Crippen LogP contribution in [-0.2, 0) is 0 Å². The molecular weight excluding hydrogens is 236 g/mol. The minimum atomic E-state index is -0.444. The van der Waals surface area contributed by atoms with Crippen molar-refractivity contribution in [2.45, 2.75) is 70.1 Å². The number of nitrogens with two attached hydrogens (primary N) is 4. The topological polar surface area (TPSA) is 104 Å². The molecule has 4 unspecified atom stereocenters. The fourth-order valence-electron chi connectivity index (χ4n) is 3.98. The molecule has 2 aliphatic carbocycles. The lowest BCUT2D eigenvalue weighted by atomic mass is 9.68. The Bertz CT molecular complexity index is 283. The van der Waals surface area contributed by atoms with E-state index in [1.54, 1.807) is 0 Å². The summed E-state index contributed by atoms with van der Waals surface area (Å²) in [4.78, 5) is 0. The summed E-state index contributed by atoms with van der Waals surface area (Å²) in [6, 6.07) is 0. The van der Waals surface area contributed by atoms with Crippen molar-refractivity contribution in [2.75, 3.05) is 0 Å². The van der Waals surface area contributed by atoms with Crippen LogP contribution in [0.15, 0.2) is 0 Å². The van der Waals surface area contributed by atoms with E-state index in [0.29, 0.717) is 11.8 Å². The van der Waals surface area contributed by atoms with Gasteiger partial charge in [0.2, 0.25) is 0 Å². The molecule has 0 aromatic heterocycles. The van der Waals surface area contributed by atoms with Gasteiger partial charge in [0.15, 0.2) is 0 Å². The summed E-state index contributed by atoms with van der Waals surface area (Å²) in [5, 5.41) is 0. The molecule has 0 bridgehead atoms. The van der Waals surface area contributed by atoms with E-state index in [1.165, 1.54) is 32.1 Å². The maximum absolute atomic E-state index is 6.12. The van der Waals surface area contributed by atoms with Crippen LogP contribution < -0.4 is 22.9 Å². The van der Waals surface area contributed by atoms with E-state index in [-0.39, 0.29) is 0 Å². The van der Waals surface area contributed by atoms with E-state index in [0.717, 1.165) is 24.7 Å². The van der Waals surface area contributed by atoms with Gasteiger partial charge in [-0.25, -0.2) is 0 Å². The van der Waals surface area contributed by atoms with E-state index in [2.05, 4.69) is 13.8 Å². The maximum atomic E-state index is 6.12. The number of rotatable bonds is 2. The third kappa shape index (κ3) is 3.48. The molecule has 112 valence electrons. The third-order valence-corrected chi connectivity index (χ3v) is 5.85. The molecule has 2 saturated carbocycles. The van der Waals surface area contributed by atoms with Crippen LogP contribution in [0.25, 0.3) is 0 Å². The Kier molecular flexibility index (Phi) is 4.26. The summed E-state index contributed by atoms with van der Waals surface area (Å²) in [7, 11) is 0. The molecule has 4 nitrogen and oxygen atoms in total. The van der Waals surface area contributed by atoms with Gasteiger partial charge in [0, 0.05) is 0 Å². The van der Waals surface area contributed by atoms with Gasteiger partial charge in [-0.05, 0) is 68.6 Å². The smallest absolute Gasteiger partial charge is 0.0663 e. The molecule has 19 heavy (non-hydrogen) atoms. The van der Waals surface area contributed by atoms with Crippen molar-refractivity contribution in [3.8, 4) is 0 Å². The highest BCUT2D eigenvalue weighted by atomic mass is 15.0. The lowest BCUT2D eigenvalue weighted by Gasteiger charge is -2.43. The zero-order valence-corrected chi connectivity index (χ0v) is 12.6. The molecule has 2 fully saturated rings. The van der Waals surface area contributed by atoms with Gasteiger partial charge in [0.05, 0.1) is 11.3 Å². The second-order valence-corrected chi connectivity index (χ2v) is 7.54. The average Bonchev–Trinajstić information content (AvgIpc) is 2.30. The lowest BCUT2D eigenvalue weighted by Crippen LogP contribution is -2.58. The normalized spacial score (nSPS) is 42.0. The van der Waals surface area contributed by atoms with Gasteiger partial charge in [-0.1, -0.05) is 13.8 Å². The first-order valence-corrected chi connectivity index (χ1v) is 7.86. The van der Waals surface area contributed by atoms with Crippen LogP contribution >= 0.6 is 0 Å². The summed E-state index contributed by atoms with van der Waals surface area (Å²) in [5.41, 5.74) is 23.6. The fourth-order valence-corrected chi connectivity index (χ4v) is 3.98. The van der Waals surface area contributed by atoms with Crippen molar-refractivity contribution < 1.29 is 0 Å². The molecule has 8 N–H and O–H groups in total. The fraction of sp³-hybridized carbons (Fsp3) is 1.00. The van der Waals surface area contributed by atoms with Crippen LogP contribution in [0.5, 0.6) is 0 Å². The van der Waals surface area contributed by atoms with Gasteiger partial charge >= 0.3 is 0 Å². The van der Waals surface area contributed by atoms with E-state index in [4.69, 9.17) is 22.9 Å². The quantitative estimate of drug-likeness (QED) is 0.569. The molecule has 0 radical (unpaired) electrons. The van der Waals surface area contributed by atoms with Gasteiger partial charge in [0.1, 0.15) is 0 Å². The minimum absolute atomic E-state index is 0.426. The standard InChI is InChI=1S/C15H32N4/c1-10-7-12(3-5-14(10,16)17)9-13-4-6-15(18,19)11(2)8-13/h10-13H,3-9,16-19H2,1-2H3. The summed E-state index contributed by atoms with van der Waals surface area (Å²) in [6.07, 6.45) is 7.93. The highest BCUT2D eigenvalue weighted by Crippen LogP contribution is 2.41. The summed E-state index contributed by atoms with van der Waals surface area (Å²) in [6.45, 7) is 4.39. The van der Waals surface area contributed by atoms with Crippen LogP contribution in [0.4, 0.5) is 0 Å². The Hall–Kier alpha value is -0.160. The molecule has 2 rings (SSSR count). The van der Waals surface area contributed by atoms with E-state index in [9.17, 15) is 0 Å². The Morgan fingerprint density at radius 1 is 0.789 bits per heavy atom. The Labute approximate surface area is 117 Å². The SMILES string of the molecule is CC1CC(CC2CCC(N)(N)C(C)C2)CCC1(N)N.